The fourth-order valence-corrected chi connectivity index (χ4v) is 3.11. The highest BCUT2D eigenvalue weighted by atomic mass is 19.4. The third-order valence-corrected chi connectivity index (χ3v) is 4.47. The van der Waals surface area contributed by atoms with Gasteiger partial charge in [-0.25, -0.2) is 0 Å². The van der Waals surface area contributed by atoms with Gasteiger partial charge < -0.3 is 4.90 Å². The van der Waals surface area contributed by atoms with Gasteiger partial charge in [-0.15, -0.1) is 6.58 Å². The van der Waals surface area contributed by atoms with E-state index in [4.69, 9.17) is 0 Å². The van der Waals surface area contributed by atoms with Crippen LogP contribution in [0.3, 0.4) is 0 Å². The molecule has 0 fully saturated rings. The summed E-state index contributed by atoms with van der Waals surface area (Å²) in [6.45, 7) is 3.58. The monoisotopic (exact) mass is 374 g/mol. The van der Waals surface area contributed by atoms with Crippen LogP contribution in [-0.2, 0) is 15.8 Å². The Balaban J connectivity index is 2.28. The largest absolute Gasteiger partial charge is 0.416 e. The van der Waals surface area contributed by atoms with E-state index in [2.05, 4.69) is 6.58 Å². The van der Waals surface area contributed by atoms with Crippen molar-refractivity contribution in [2.75, 3.05) is 16.8 Å². The molecule has 0 aromatic heterocycles. The van der Waals surface area contributed by atoms with Crippen LogP contribution in [0.2, 0.25) is 0 Å². The predicted octanol–water partition coefficient (Wildman–Crippen LogP) is 4.54. The van der Waals surface area contributed by atoms with Gasteiger partial charge in [0.25, 0.3) is 0 Å². The summed E-state index contributed by atoms with van der Waals surface area (Å²) >= 11 is 0. The van der Waals surface area contributed by atoms with E-state index in [0.29, 0.717) is 5.69 Å². The number of halogens is 3. The highest BCUT2D eigenvalue weighted by Crippen LogP contribution is 2.42. The number of anilines is 3. The molecule has 27 heavy (non-hydrogen) atoms. The fourth-order valence-electron chi connectivity index (χ4n) is 3.11. The topological polar surface area (TPSA) is 40.6 Å². The third-order valence-electron chi connectivity index (χ3n) is 4.47. The molecule has 3 rings (SSSR count). The van der Waals surface area contributed by atoms with E-state index in [1.165, 1.54) is 29.0 Å². The van der Waals surface area contributed by atoms with Crippen LogP contribution >= 0.6 is 0 Å². The van der Waals surface area contributed by atoms with Crippen LogP contribution in [0.4, 0.5) is 30.2 Å². The standard InChI is InChI=1S/C20H17F3N2O2/c1-3-7-15-18(26)24(2)16-11-10-13(20(21,22)23)12-17(16)25(19(15)27)14-8-5-4-6-9-14/h3-6,8-12,15H,1,7H2,2H3. The Morgan fingerprint density at radius 3 is 2.30 bits per heavy atom. The number of carbonyl (C=O) groups is 2. The van der Waals surface area contributed by atoms with Crippen molar-refractivity contribution in [3.05, 3.63) is 66.7 Å². The van der Waals surface area contributed by atoms with Crippen molar-refractivity contribution in [2.45, 2.75) is 12.6 Å². The summed E-state index contributed by atoms with van der Waals surface area (Å²) in [5, 5.41) is 0. The van der Waals surface area contributed by atoms with Crippen molar-refractivity contribution in [1.29, 1.82) is 0 Å². The minimum atomic E-state index is -4.57. The number of allylic oxidation sites excluding steroid dienone is 1. The minimum absolute atomic E-state index is 0.0171. The van der Waals surface area contributed by atoms with Crippen molar-refractivity contribution in [1.82, 2.24) is 0 Å². The number of fused-ring (bicyclic) bond motifs is 1. The molecular weight excluding hydrogens is 357 g/mol. The van der Waals surface area contributed by atoms with Crippen molar-refractivity contribution in [2.24, 2.45) is 5.92 Å². The summed E-state index contributed by atoms with van der Waals surface area (Å²) in [6, 6.07) is 11.3. The summed E-state index contributed by atoms with van der Waals surface area (Å²) in [6.07, 6.45) is -3.03. The summed E-state index contributed by atoms with van der Waals surface area (Å²) in [7, 11) is 1.45. The lowest BCUT2D eigenvalue weighted by molar-refractivity contribution is -0.137. The molecule has 1 unspecified atom stereocenters. The van der Waals surface area contributed by atoms with Crippen LogP contribution in [0.5, 0.6) is 0 Å². The number of benzene rings is 2. The minimum Gasteiger partial charge on any atom is -0.313 e. The molecule has 1 atom stereocenters. The molecule has 2 amide bonds. The second kappa shape index (κ2) is 6.90. The van der Waals surface area contributed by atoms with E-state index in [1.54, 1.807) is 30.3 Å². The van der Waals surface area contributed by atoms with Crippen molar-refractivity contribution < 1.29 is 22.8 Å². The normalized spacial score (nSPS) is 17.6. The number of hydrogen-bond donors (Lipinski definition) is 0. The summed E-state index contributed by atoms with van der Waals surface area (Å²) in [4.78, 5) is 28.3. The molecule has 0 radical (unpaired) electrons. The first kappa shape index (κ1) is 18.7. The van der Waals surface area contributed by atoms with E-state index in [1.807, 2.05) is 0 Å². The van der Waals surface area contributed by atoms with E-state index >= 15 is 0 Å². The Hall–Kier alpha value is -3.09. The molecule has 2 aromatic carbocycles. The molecule has 4 nitrogen and oxygen atoms in total. The Labute approximate surface area is 154 Å². The molecule has 0 saturated heterocycles. The van der Waals surface area contributed by atoms with Gasteiger partial charge in [0.15, 0.2) is 0 Å². The van der Waals surface area contributed by atoms with E-state index < -0.39 is 29.5 Å². The first-order chi connectivity index (χ1) is 12.8. The number of hydrogen-bond acceptors (Lipinski definition) is 2. The first-order valence-electron chi connectivity index (χ1n) is 8.24. The fraction of sp³-hybridized carbons (Fsp3) is 0.200. The van der Waals surface area contributed by atoms with Crippen LogP contribution in [0.15, 0.2) is 61.2 Å². The van der Waals surface area contributed by atoms with Crippen LogP contribution in [-0.4, -0.2) is 18.9 Å². The molecule has 2 aromatic rings. The molecule has 0 bridgehead atoms. The van der Waals surface area contributed by atoms with Gasteiger partial charge in [-0.05, 0) is 36.8 Å². The highest BCUT2D eigenvalue weighted by Gasteiger charge is 2.40. The molecule has 0 N–H and O–H groups in total. The number of rotatable bonds is 3. The summed E-state index contributed by atoms with van der Waals surface area (Å²) < 4.78 is 39.8. The van der Waals surface area contributed by atoms with Crippen molar-refractivity contribution in [3.8, 4) is 0 Å². The highest BCUT2D eigenvalue weighted by molar-refractivity contribution is 6.20. The molecule has 1 aliphatic heterocycles. The van der Waals surface area contributed by atoms with Gasteiger partial charge in [-0.2, -0.15) is 13.2 Å². The van der Waals surface area contributed by atoms with Gasteiger partial charge in [0.05, 0.1) is 16.9 Å². The van der Waals surface area contributed by atoms with Crippen LogP contribution in [0.25, 0.3) is 0 Å². The zero-order valence-corrected chi connectivity index (χ0v) is 14.5. The lowest BCUT2D eigenvalue weighted by atomic mass is 10.0. The second-order valence-corrected chi connectivity index (χ2v) is 6.18. The van der Waals surface area contributed by atoms with E-state index in [0.717, 1.165) is 12.1 Å². The summed E-state index contributed by atoms with van der Waals surface area (Å²) in [5.74, 6) is -2.13. The lowest BCUT2D eigenvalue weighted by Gasteiger charge is -2.25. The van der Waals surface area contributed by atoms with Crippen LogP contribution < -0.4 is 9.80 Å². The van der Waals surface area contributed by atoms with E-state index in [9.17, 15) is 22.8 Å². The smallest absolute Gasteiger partial charge is 0.313 e. The maximum Gasteiger partial charge on any atom is 0.416 e. The number of para-hydroxylation sites is 1. The van der Waals surface area contributed by atoms with Gasteiger partial charge in [0.2, 0.25) is 11.8 Å². The Morgan fingerprint density at radius 2 is 1.70 bits per heavy atom. The number of carbonyl (C=O) groups excluding carboxylic acids is 2. The third kappa shape index (κ3) is 3.32. The predicted molar refractivity (Wildman–Crippen MR) is 96.7 cm³/mol. The van der Waals surface area contributed by atoms with Gasteiger partial charge >= 0.3 is 6.18 Å². The van der Waals surface area contributed by atoms with Gasteiger partial charge in [-0.1, -0.05) is 24.3 Å². The zero-order chi connectivity index (χ0) is 19.8. The maximum absolute atomic E-state index is 13.3. The molecule has 140 valence electrons. The molecule has 0 saturated carbocycles. The first-order valence-corrected chi connectivity index (χ1v) is 8.24. The van der Waals surface area contributed by atoms with E-state index in [-0.39, 0.29) is 17.8 Å². The number of amides is 2. The van der Waals surface area contributed by atoms with Crippen molar-refractivity contribution >= 4 is 28.9 Å². The lowest BCUT2D eigenvalue weighted by Crippen LogP contribution is -2.39. The Kier molecular flexibility index (Phi) is 4.78. The zero-order valence-electron chi connectivity index (χ0n) is 14.5. The average molecular weight is 374 g/mol. The van der Waals surface area contributed by atoms with Crippen LogP contribution in [0.1, 0.15) is 12.0 Å². The number of alkyl halides is 3. The maximum atomic E-state index is 13.3. The van der Waals surface area contributed by atoms with Gasteiger partial charge in [0, 0.05) is 12.7 Å². The van der Waals surface area contributed by atoms with Gasteiger partial charge in [-0.3, -0.25) is 14.5 Å². The summed E-state index contributed by atoms with van der Waals surface area (Å²) in [5.41, 5.74) is -0.251. The Morgan fingerprint density at radius 1 is 1.04 bits per heavy atom. The quantitative estimate of drug-likeness (QED) is 0.585. The molecule has 0 aliphatic carbocycles. The van der Waals surface area contributed by atoms with Crippen molar-refractivity contribution in [3.63, 3.8) is 0 Å². The van der Waals surface area contributed by atoms with Crippen LogP contribution in [0, 0.1) is 5.92 Å². The Bertz CT molecular complexity index is 894. The molecule has 7 heteroatoms. The number of nitrogens with zero attached hydrogens (tertiary/aromatic N) is 2. The molecule has 0 spiro atoms. The molecule has 1 aliphatic rings. The van der Waals surface area contributed by atoms with Gasteiger partial charge in [0.1, 0.15) is 5.92 Å². The SMILES string of the molecule is C=CCC1C(=O)N(C)c2ccc(C(F)(F)F)cc2N(c2ccccc2)C1=O. The second-order valence-electron chi connectivity index (χ2n) is 6.18. The molecule has 1 heterocycles. The molecular formula is C20H17F3N2O2. The average Bonchev–Trinajstić information content (AvgIpc) is 2.71.